The van der Waals surface area contributed by atoms with E-state index in [0.29, 0.717) is 18.2 Å². The summed E-state index contributed by atoms with van der Waals surface area (Å²) >= 11 is 0. The highest BCUT2D eigenvalue weighted by Gasteiger charge is 2.33. The predicted molar refractivity (Wildman–Crippen MR) is 100.0 cm³/mol. The van der Waals surface area contributed by atoms with E-state index in [4.69, 9.17) is 0 Å². The van der Waals surface area contributed by atoms with Crippen LogP contribution in [0.1, 0.15) is 36.9 Å². The molecule has 0 unspecified atom stereocenters. The quantitative estimate of drug-likeness (QED) is 0.701. The van der Waals surface area contributed by atoms with Gasteiger partial charge in [-0.1, -0.05) is 6.42 Å². The van der Waals surface area contributed by atoms with Crippen molar-refractivity contribution in [2.75, 3.05) is 37.7 Å². The monoisotopic (exact) mass is 380 g/mol. The van der Waals surface area contributed by atoms with E-state index < -0.39 is 9.84 Å². The molecule has 3 heterocycles. The molecule has 144 valence electrons. The van der Waals surface area contributed by atoms with Crippen LogP contribution in [0.3, 0.4) is 0 Å². The van der Waals surface area contributed by atoms with Gasteiger partial charge in [0.25, 0.3) is 5.56 Å². The van der Waals surface area contributed by atoms with Gasteiger partial charge in [0.15, 0.2) is 9.84 Å². The molecule has 0 bridgehead atoms. The van der Waals surface area contributed by atoms with Gasteiger partial charge in [0.05, 0.1) is 23.9 Å². The van der Waals surface area contributed by atoms with Gasteiger partial charge in [0, 0.05) is 38.3 Å². The van der Waals surface area contributed by atoms with Crippen LogP contribution in [0.4, 0.5) is 0 Å². The molecule has 0 radical (unpaired) electrons. The summed E-state index contributed by atoms with van der Waals surface area (Å²) < 4.78 is 25.0. The topological polar surface area (TPSA) is 75.5 Å². The van der Waals surface area contributed by atoms with Gasteiger partial charge >= 0.3 is 0 Å². The Morgan fingerprint density at radius 1 is 1.08 bits per heavy atom. The number of fused-ring (bicyclic) bond motifs is 1. The highest BCUT2D eigenvalue weighted by Crippen LogP contribution is 2.20. The van der Waals surface area contributed by atoms with E-state index in [9.17, 15) is 13.2 Å². The van der Waals surface area contributed by atoms with E-state index >= 15 is 0 Å². The number of nitrogens with zero attached hydrogens (tertiary/aromatic N) is 4. The zero-order valence-corrected chi connectivity index (χ0v) is 16.1. The Labute approximate surface area is 154 Å². The van der Waals surface area contributed by atoms with Crippen molar-refractivity contribution < 1.29 is 8.42 Å². The smallest absolute Gasteiger partial charge is 0.268 e. The van der Waals surface area contributed by atoms with Crippen LogP contribution < -0.4 is 5.56 Å². The highest BCUT2D eigenvalue weighted by molar-refractivity contribution is 7.91. The summed E-state index contributed by atoms with van der Waals surface area (Å²) in [4.78, 5) is 17.0. The van der Waals surface area contributed by atoms with Crippen LogP contribution in [0.2, 0.25) is 0 Å². The number of hydrogen-bond donors (Lipinski definition) is 0. The van der Waals surface area contributed by atoms with E-state index in [1.165, 1.54) is 6.42 Å². The van der Waals surface area contributed by atoms with E-state index in [0.717, 1.165) is 69.5 Å². The fourth-order valence-corrected chi connectivity index (χ4v) is 6.16. The van der Waals surface area contributed by atoms with Crippen LogP contribution in [-0.2, 0) is 29.3 Å². The molecule has 0 aromatic carbocycles. The average Bonchev–Trinajstić information content (AvgIpc) is 2.83. The van der Waals surface area contributed by atoms with Crippen LogP contribution >= 0.6 is 0 Å². The van der Waals surface area contributed by atoms with Crippen LogP contribution in [0.15, 0.2) is 10.9 Å². The van der Waals surface area contributed by atoms with E-state index in [2.05, 4.69) is 14.9 Å². The molecule has 0 saturated carbocycles. The normalized spacial score (nSPS) is 27.2. The summed E-state index contributed by atoms with van der Waals surface area (Å²) in [7, 11) is -2.84. The van der Waals surface area contributed by atoms with E-state index in [-0.39, 0.29) is 11.6 Å². The molecule has 2 saturated heterocycles. The Balaban J connectivity index is 1.37. The number of rotatable bonds is 3. The SMILES string of the molecule is O=c1cc2c(nn1CN1CCN([C@H]3CCS(=O)(=O)C3)CC1)CCCCC2. The fourth-order valence-electron chi connectivity index (χ4n) is 4.40. The van der Waals surface area contributed by atoms with Crippen molar-refractivity contribution in [3.8, 4) is 0 Å². The molecule has 1 aromatic heterocycles. The predicted octanol–water partition coefficient (Wildman–Crippen LogP) is 0.274. The third kappa shape index (κ3) is 4.02. The van der Waals surface area contributed by atoms with Crippen molar-refractivity contribution in [1.29, 1.82) is 0 Å². The Morgan fingerprint density at radius 2 is 1.85 bits per heavy atom. The molecular weight excluding hydrogens is 352 g/mol. The first-order valence-electron chi connectivity index (χ1n) is 9.77. The fraction of sp³-hybridized carbons (Fsp3) is 0.778. The molecule has 4 rings (SSSR count). The molecule has 1 atom stereocenters. The second-order valence-electron chi connectivity index (χ2n) is 7.87. The maximum Gasteiger partial charge on any atom is 0.268 e. The van der Waals surface area contributed by atoms with Gasteiger partial charge in [0.2, 0.25) is 0 Å². The molecule has 2 fully saturated rings. The van der Waals surface area contributed by atoms with Gasteiger partial charge in [0.1, 0.15) is 0 Å². The standard InChI is InChI=1S/C18H28N4O3S/c23-18-12-15-4-2-1-3-5-17(15)19-22(18)14-20-7-9-21(10-8-20)16-6-11-26(24,25)13-16/h12,16H,1-11,13-14H2/t16-/m0/s1. The summed E-state index contributed by atoms with van der Waals surface area (Å²) in [5.41, 5.74) is 2.22. The number of piperazine rings is 1. The zero-order valence-electron chi connectivity index (χ0n) is 15.3. The molecule has 7 nitrogen and oxygen atoms in total. The summed E-state index contributed by atoms with van der Waals surface area (Å²) in [6.45, 7) is 3.95. The first-order valence-corrected chi connectivity index (χ1v) is 11.6. The molecule has 0 spiro atoms. The van der Waals surface area contributed by atoms with Crippen LogP contribution in [0, 0.1) is 0 Å². The lowest BCUT2D eigenvalue weighted by Crippen LogP contribution is -2.51. The van der Waals surface area contributed by atoms with Crippen LogP contribution in [-0.4, -0.2) is 71.7 Å². The molecule has 26 heavy (non-hydrogen) atoms. The first-order chi connectivity index (χ1) is 12.5. The second-order valence-corrected chi connectivity index (χ2v) is 10.1. The Morgan fingerprint density at radius 3 is 2.58 bits per heavy atom. The lowest BCUT2D eigenvalue weighted by Gasteiger charge is -2.37. The minimum absolute atomic E-state index is 0.00466. The average molecular weight is 381 g/mol. The van der Waals surface area contributed by atoms with E-state index in [1.54, 1.807) is 10.7 Å². The number of sulfone groups is 1. The molecule has 0 amide bonds. The van der Waals surface area contributed by atoms with Gasteiger partial charge < -0.3 is 0 Å². The summed E-state index contributed by atoms with van der Waals surface area (Å²) in [6, 6.07) is 1.96. The van der Waals surface area contributed by atoms with Crippen LogP contribution in [0.5, 0.6) is 0 Å². The van der Waals surface area contributed by atoms with E-state index in [1.807, 2.05) is 0 Å². The summed E-state index contributed by atoms with van der Waals surface area (Å²) in [6.07, 6.45) is 6.22. The molecule has 1 aromatic rings. The van der Waals surface area contributed by atoms with Crippen molar-refractivity contribution in [3.63, 3.8) is 0 Å². The summed E-state index contributed by atoms with van der Waals surface area (Å²) in [5.74, 6) is 0.630. The Hall–Kier alpha value is -1.25. The lowest BCUT2D eigenvalue weighted by atomic mass is 10.1. The molecule has 3 aliphatic rings. The third-order valence-corrected chi connectivity index (χ3v) is 7.74. The van der Waals surface area contributed by atoms with Crippen molar-refractivity contribution in [2.45, 2.75) is 51.2 Å². The Kier molecular flexibility index (Phi) is 5.16. The third-order valence-electron chi connectivity index (χ3n) is 5.99. The van der Waals surface area contributed by atoms with Crippen molar-refractivity contribution in [1.82, 2.24) is 19.6 Å². The number of hydrogen-bond acceptors (Lipinski definition) is 6. The molecule has 8 heteroatoms. The van der Waals surface area contributed by atoms with Gasteiger partial charge in [-0.2, -0.15) is 5.10 Å². The van der Waals surface area contributed by atoms with Crippen molar-refractivity contribution in [2.24, 2.45) is 0 Å². The molecular formula is C18H28N4O3S. The highest BCUT2D eigenvalue weighted by atomic mass is 32.2. The molecule has 2 aliphatic heterocycles. The van der Waals surface area contributed by atoms with Crippen molar-refractivity contribution >= 4 is 9.84 Å². The largest absolute Gasteiger partial charge is 0.297 e. The van der Waals surface area contributed by atoms with Gasteiger partial charge in [-0.05, 0) is 37.7 Å². The van der Waals surface area contributed by atoms with Gasteiger partial charge in [-0.3, -0.25) is 14.6 Å². The second kappa shape index (κ2) is 7.40. The van der Waals surface area contributed by atoms with Crippen molar-refractivity contribution in [3.05, 3.63) is 27.7 Å². The maximum absolute atomic E-state index is 12.4. The van der Waals surface area contributed by atoms with Gasteiger partial charge in [-0.15, -0.1) is 0 Å². The van der Waals surface area contributed by atoms with Gasteiger partial charge in [-0.25, -0.2) is 13.1 Å². The minimum Gasteiger partial charge on any atom is -0.297 e. The minimum atomic E-state index is -2.84. The first kappa shape index (κ1) is 18.1. The maximum atomic E-state index is 12.4. The molecule has 0 N–H and O–H groups in total. The zero-order chi connectivity index (χ0) is 18.1. The lowest BCUT2D eigenvalue weighted by molar-refractivity contribution is 0.0797. The number of aryl methyl sites for hydroxylation is 2. The molecule has 1 aliphatic carbocycles. The van der Waals surface area contributed by atoms with Crippen LogP contribution in [0.25, 0.3) is 0 Å². The summed E-state index contributed by atoms with van der Waals surface area (Å²) in [5, 5.41) is 4.65. The Bertz CT molecular complexity index is 812. The number of aromatic nitrogens is 2.